The van der Waals surface area contributed by atoms with E-state index in [2.05, 4.69) is 65.4 Å². The van der Waals surface area contributed by atoms with Crippen molar-refractivity contribution in [2.45, 2.75) is 6.92 Å². The van der Waals surface area contributed by atoms with Crippen molar-refractivity contribution in [1.82, 2.24) is 34.7 Å². The third-order valence-electron chi connectivity index (χ3n) is 5.89. The minimum Gasteiger partial charge on any atom is -0.376 e. The molecule has 1 aromatic carbocycles. The van der Waals surface area contributed by atoms with Crippen molar-refractivity contribution >= 4 is 27.6 Å². The van der Waals surface area contributed by atoms with E-state index in [0.717, 1.165) is 61.5 Å². The smallest absolute Gasteiger partial charge is 0.139 e. The van der Waals surface area contributed by atoms with Crippen LogP contribution in [0.4, 0.5) is 5.69 Å². The number of hydrogen-bond acceptors (Lipinski definition) is 5. The Kier molecular flexibility index (Phi) is 4.26. The number of imidazole rings is 1. The number of nitrogens with zero attached hydrogens (tertiary/aromatic N) is 6. The van der Waals surface area contributed by atoms with Crippen molar-refractivity contribution in [3.05, 3.63) is 73.2 Å². The largest absolute Gasteiger partial charge is 0.376 e. The molecule has 6 rings (SSSR count). The zero-order chi connectivity index (χ0) is 22.5. The number of nitrogens with one attached hydrogen (secondary N) is 2. The van der Waals surface area contributed by atoms with E-state index < -0.39 is 0 Å². The Morgan fingerprint density at radius 3 is 2.67 bits per heavy atom. The van der Waals surface area contributed by atoms with E-state index in [1.54, 1.807) is 6.20 Å². The standard InChI is InChI=1S/C25H22N8/c1-15-13-33(14-28-15)23-6-7-27-25-20(23)10-22(29-25)24-19-9-16(4-5-21(19)30-31-24)17-8-18(32(2)3)12-26-11-17/h4-14H,1-3H3,(H,27,29)(H,30,31). The Morgan fingerprint density at radius 2 is 1.85 bits per heavy atom. The molecule has 2 N–H and O–H groups in total. The fourth-order valence-corrected chi connectivity index (χ4v) is 4.15. The fraction of sp³-hybridized carbons (Fsp3) is 0.120. The van der Waals surface area contributed by atoms with Gasteiger partial charge in [-0.05, 0) is 42.8 Å². The van der Waals surface area contributed by atoms with Gasteiger partial charge in [-0.1, -0.05) is 6.07 Å². The van der Waals surface area contributed by atoms with Crippen LogP contribution in [0.1, 0.15) is 5.69 Å². The van der Waals surface area contributed by atoms with E-state index in [4.69, 9.17) is 0 Å². The van der Waals surface area contributed by atoms with Gasteiger partial charge in [0, 0.05) is 49.0 Å². The first-order valence-electron chi connectivity index (χ1n) is 10.7. The van der Waals surface area contributed by atoms with Crippen LogP contribution in [-0.2, 0) is 0 Å². The lowest BCUT2D eigenvalue weighted by molar-refractivity contribution is 1.06. The maximum absolute atomic E-state index is 4.62. The summed E-state index contributed by atoms with van der Waals surface area (Å²) in [6.45, 7) is 1.98. The van der Waals surface area contributed by atoms with Crippen LogP contribution in [0.25, 0.3) is 50.1 Å². The van der Waals surface area contributed by atoms with Crippen molar-refractivity contribution in [2.24, 2.45) is 0 Å². The Bertz CT molecular complexity index is 1620. The van der Waals surface area contributed by atoms with E-state index in [9.17, 15) is 0 Å². The number of aromatic nitrogens is 7. The van der Waals surface area contributed by atoms with Crippen molar-refractivity contribution in [1.29, 1.82) is 0 Å². The molecule has 0 atom stereocenters. The highest BCUT2D eigenvalue weighted by molar-refractivity contribution is 5.98. The Morgan fingerprint density at radius 1 is 0.939 bits per heavy atom. The average Bonchev–Trinajstić information content (AvgIpc) is 3.55. The minimum absolute atomic E-state index is 0.809. The second-order valence-electron chi connectivity index (χ2n) is 8.36. The molecule has 6 aromatic rings. The van der Waals surface area contributed by atoms with Gasteiger partial charge in [-0.25, -0.2) is 9.97 Å². The summed E-state index contributed by atoms with van der Waals surface area (Å²) in [7, 11) is 4.03. The number of pyridine rings is 2. The number of aryl methyl sites for hydroxylation is 1. The van der Waals surface area contributed by atoms with E-state index in [-0.39, 0.29) is 0 Å². The predicted octanol–water partition coefficient (Wildman–Crippen LogP) is 4.73. The molecule has 0 aliphatic heterocycles. The number of anilines is 1. The zero-order valence-corrected chi connectivity index (χ0v) is 18.5. The fourth-order valence-electron chi connectivity index (χ4n) is 4.15. The second kappa shape index (κ2) is 7.30. The normalized spacial score (nSPS) is 11.5. The number of benzene rings is 1. The lowest BCUT2D eigenvalue weighted by atomic mass is 10.0. The number of fused-ring (bicyclic) bond motifs is 2. The monoisotopic (exact) mass is 434 g/mol. The van der Waals surface area contributed by atoms with E-state index in [1.807, 2.05) is 56.6 Å². The molecule has 162 valence electrons. The first kappa shape index (κ1) is 19.2. The number of H-pyrrole nitrogens is 2. The molecular weight excluding hydrogens is 412 g/mol. The molecule has 0 unspecified atom stereocenters. The van der Waals surface area contributed by atoms with Gasteiger partial charge < -0.3 is 14.5 Å². The minimum atomic E-state index is 0.809. The highest BCUT2D eigenvalue weighted by Crippen LogP contribution is 2.33. The average molecular weight is 435 g/mol. The Balaban J connectivity index is 1.48. The van der Waals surface area contributed by atoms with Gasteiger partial charge in [0.2, 0.25) is 0 Å². The van der Waals surface area contributed by atoms with Gasteiger partial charge in [-0.3, -0.25) is 10.1 Å². The summed E-state index contributed by atoms with van der Waals surface area (Å²) in [4.78, 5) is 18.8. The molecule has 0 saturated heterocycles. The molecule has 8 nitrogen and oxygen atoms in total. The third-order valence-corrected chi connectivity index (χ3v) is 5.89. The zero-order valence-electron chi connectivity index (χ0n) is 18.5. The molecule has 0 radical (unpaired) electrons. The number of aromatic amines is 2. The highest BCUT2D eigenvalue weighted by Gasteiger charge is 2.15. The number of rotatable bonds is 4. The van der Waals surface area contributed by atoms with Crippen LogP contribution >= 0.6 is 0 Å². The summed E-state index contributed by atoms with van der Waals surface area (Å²) < 4.78 is 2.02. The molecule has 0 aliphatic rings. The van der Waals surface area contributed by atoms with Crippen molar-refractivity contribution in [3.8, 4) is 28.2 Å². The Labute approximate surface area is 190 Å². The summed E-state index contributed by atoms with van der Waals surface area (Å²) in [5.41, 5.74) is 8.75. The first-order valence-corrected chi connectivity index (χ1v) is 10.7. The quantitative estimate of drug-likeness (QED) is 0.419. The Hall–Kier alpha value is -4.46. The molecule has 33 heavy (non-hydrogen) atoms. The van der Waals surface area contributed by atoms with Crippen LogP contribution in [-0.4, -0.2) is 48.8 Å². The lowest BCUT2D eigenvalue weighted by Crippen LogP contribution is -2.08. The van der Waals surface area contributed by atoms with Crippen molar-refractivity contribution < 1.29 is 0 Å². The summed E-state index contributed by atoms with van der Waals surface area (Å²) in [5, 5.41) is 9.83. The van der Waals surface area contributed by atoms with Gasteiger partial charge in [-0.2, -0.15) is 5.10 Å². The first-order chi connectivity index (χ1) is 16.1. The maximum atomic E-state index is 4.62. The van der Waals surface area contributed by atoms with Gasteiger partial charge in [0.15, 0.2) is 0 Å². The molecule has 0 fully saturated rings. The summed E-state index contributed by atoms with van der Waals surface area (Å²) in [6, 6.07) is 12.5. The van der Waals surface area contributed by atoms with E-state index in [1.165, 1.54) is 0 Å². The van der Waals surface area contributed by atoms with Crippen LogP contribution in [0, 0.1) is 6.92 Å². The van der Waals surface area contributed by atoms with Crippen LogP contribution in [0.2, 0.25) is 0 Å². The van der Waals surface area contributed by atoms with Crippen LogP contribution in [0.15, 0.2) is 67.5 Å². The molecular formula is C25H22N8. The topological polar surface area (TPSA) is 91.3 Å². The van der Waals surface area contributed by atoms with Gasteiger partial charge in [-0.15, -0.1) is 0 Å². The van der Waals surface area contributed by atoms with Gasteiger partial charge in [0.25, 0.3) is 0 Å². The van der Waals surface area contributed by atoms with E-state index >= 15 is 0 Å². The van der Waals surface area contributed by atoms with Crippen molar-refractivity contribution in [2.75, 3.05) is 19.0 Å². The third kappa shape index (κ3) is 3.23. The molecule has 0 saturated carbocycles. The second-order valence-corrected chi connectivity index (χ2v) is 8.36. The molecule has 5 aromatic heterocycles. The molecule has 8 heteroatoms. The summed E-state index contributed by atoms with van der Waals surface area (Å²) >= 11 is 0. The van der Waals surface area contributed by atoms with Crippen LogP contribution < -0.4 is 4.90 Å². The maximum Gasteiger partial charge on any atom is 0.139 e. The van der Waals surface area contributed by atoms with Gasteiger partial charge >= 0.3 is 0 Å². The molecule has 0 bridgehead atoms. The SMILES string of the molecule is Cc1cn(-c2ccnc3[nH]c(-c4n[nH]c5ccc(-c6cncc(N(C)C)c6)cc45)cc23)cn1. The number of hydrogen-bond donors (Lipinski definition) is 2. The van der Waals surface area contributed by atoms with Gasteiger partial charge in [0.1, 0.15) is 11.3 Å². The van der Waals surface area contributed by atoms with Crippen molar-refractivity contribution in [3.63, 3.8) is 0 Å². The summed E-state index contributed by atoms with van der Waals surface area (Å²) in [6.07, 6.45) is 9.39. The molecule has 5 heterocycles. The highest BCUT2D eigenvalue weighted by atomic mass is 15.1. The lowest BCUT2D eigenvalue weighted by Gasteiger charge is -2.13. The van der Waals surface area contributed by atoms with Crippen LogP contribution in [0.5, 0.6) is 0 Å². The van der Waals surface area contributed by atoms with Gasteiger partial charge in [0.05, 0.1) is 40.8 Å². The molecule has 0 aliphatic carbocycles. The molecule has 0 amide bonds. The predicted molar refractivity (Wildman–Crippen MR) is 131 cm³/mol. The van der Waals surface area contributed by atoms with E-state index in [0.29, 0.717) is 0 Å². The summed E-state index contributed by atoms with van der Waals surface area (Å²) in [5.74, 6) is 0. The molecule has 0 spiro atoms. The van der Waals surface area contributed by atoms with Crippen LogP contribution in [0.3, 0.4) is 0 Å².